The molecule has 7 nitrogen and oxygen atoms in total. The van der Waals surface area contributed by atoms with Crippen molar-refractivity contribution in [1.29, 1.82) is 0 Å². The van der Waals surface area contributed by atoms with Crippen molar-refractivity contribution in [2.24, 2.45) is 5.92 Å². The molecule has 1 N–H and O–H groups in total. The van der Waals surface area contributed by atoms with Crippen LogP contribution in [-0.2, 0) is 4.74 Å². The first-order chi connectivity index (χ1) is 15.9. The van der Waals surface area contributed by atoms with Crippen molar-refractivity contribution >= 4 is 23.1 Å². The average molecular weight is 454 g/mol. The number of aromatic nitrogens is 1. The lowest BCUT2D eigenvalue weighted by molar-refractivity contribution is 0.0821. The number of oxazole rings is 1. The number of rotatable bonds is 5. The number of piperidine rings is 1. The van der Waals surface area contributed by atoms with E-state index in [-0.39, 0.29) is 17.6 Å². The number of hydrogen-bond donors (Lipinski definition) is 1. The van der Waals surface area contributed by atoms with Gasteiger partial charge in [-0.15, -0.1) is 0 Å². The van der Waals surface area contributed by atoms with Gasteiger partial charge in [0.25, 0.3) is 5.91 Å². The first-order valence-corrected chi connectivity index (χ1v) is 11.2. The third kappa shape index (κ3) is 4.99. The zero-order valence-electron chi connectivity index (χ0n) is 19.1. The maximum atomic E-state index is 14.4. The molecule has 1 aliphatic rings. The molecule has 0 spiro atoms. The summed E-state index contributed by atoms with van der Waals surface area (Å²) in [4.78, 5) is 30.3. The number of ether oxygens (including phenoxy) is 1. The molecule has 2 amide bonds. The molecule has 4 rings (SSSR count). The molecule has 0 bridgehead atoms. The Morgan fingerprint density at radius 1 is 1.18 bits per heavy atom. The molecule has 1 saturated heterocycles. The number of nitrogens with one attached hydrogen (secondary N) is 1. The van der Waals surface area contributed by atoms with Gasteiger partial charge in [-0.05, 0) is 54.2 Å². The molecular weight excluding hydrogens is 425 g/mol. The van der Waals surface area contributed by atoms with E-state index in [1.54, 1.807) is 11.0 Å². The van der Waals surface area contributed by atoms with Crippen LogP contribution in [0, 0.1) is 11.7 Å². The van der Waals surface area contributed by atoms with Crippen LogP contribution in [0.4, 0.5) is 9.18 Å². The van der Waals surface area contributed by atoms with E-state index in [1.165, 1.54) is 19.2 Å². The Morgan fingerprint density at radius 3 is 2.55 bits per heavy atom. The number of amides is 2. The molecule has 33 heavy (non-hydrogen) atoms. The largest absolute Gasteiger partial charge is 0.449 e. The molecular formula is C25H28FN3O4. The monoisotopic (exact) mass is 453 g/mol. The third-order valence-electron chi connectivity index (χ3n) is 5.82. The maximum absolute atomic E-state index is 14.4. The van der Waals surface area contributed by atoms with Gasteiger partial charge in [-0.2, -0.15) is 0 Å². The lowest BCUT2D eigenvalue weighted by Crippen LogP contribution is -2.38. The summed E-state index contributed by atoms with van der Waals surface area (Å²) in [6.45, 7) is 5.64. The predicted octanol–water partition coefficient (Wildman–Crippen LogP) is 4.97. The van der Waals surface area contributed by atoms with Gasteiger partial charge in [0.2, 0.25) is 0 Å². The molecule has 174 valence electrons. The first kappa shape index (κ1) is 22.8. The Balaban J connectivity index is 1.46. The maximum Gasteiger partial charge on any atom is 0.409 e. The number of benzene rings is 2. The van der Waals surface area contributed by atoms with Gasteiger partial charge in [-0.25, -0.2) is 14.2 Å². The quantitative estimate of drug-likeness (QED) is 0.590. The van der Waals surface area contributed by atoms with Crippen molar-refractivity contribution in [1.82, 2.24) is 15.2 Å². The highest BCUT2D eigenvalue weighted by Gasteiger charge is 2.28. The predicted molar refractivity (Wildman–Crippen MR) is 123 cm³/mol. The summed E-state index contributed by atoms with van der Waals surface area (Å²) in [6, 6.07) is 10.1. The SMILES string of the molecule is CNC(=O)c1ccc(-c2ccc3oc(C4CCN(C(=O)OCC(C)C)CC4)nc3c2)cc1F. The Kier molecular flexibility index (Phi) is 6.62. The summed E-state index contributed by atoms with van der Waals surface area (Å²) in [5, 5.41) is 2.43. The van der Waals surface area contributed by atoms with Crippen molar-refractivity contribution < 1.29 is 23.1 Å². The topological polar surface area (TPSA) is 84.7 Å². The highest BCUT2D eigenvalue weighted by Crippen LogP contribution is 2.32. The van der Waals surface area contributed by atoms with E-state index in [4.69, 9.17) is 9.15 Å². The van der Waals surface area contributed by atoms with E-state index in [0.717, 1.165) is 18.4 Å². The van der Waals surface area contributed by atoms with Gasteiger partial charge in [0.05, 0.1) is 12.2 Å². The first-order valence-electron chi connectivity index (χ1n) is 11.2. The van der Waals surface area contributed by atoms with Crippen LogP contribution in [0.25, 0.3) is 22.2 Å². The molecule has 0 atom stereocenters. The van der Waals surface area contributed by atoms with E-state index in [0.29, 0.717) is 48.2 Å². The lowest BCUT2D eigenvalue weighted by atomic mass is 9.97. The highest BCUT2D eigenvalue weighted by atomic mass is 19.1. The molecule has 1 aliphatic heterocycles. The van der Waals surface area contributed by atoms with E-state index >= 15 is 0 Å². The van der Waals surface area contributed by atoms with E-state index in [2.05, 4.69) is 10.3 Å². The van der Waals surface area contributed by atoms with E-state index in [1.807, 2.05) is 32.0 Å². The van der Waals surface area contributed by atoms with Crippen LogP contribution in [0.2, 0.25) is 0 Å². The van der Waals surface area contributed by atoms with Crippen molar-refractivity contribution in [3.05, 3.63) is 53.7 Å². The van der Waals surface area contributed by atoms with Crippen LogP contribution in [0.5, 0.6) is 0 Å². The molecule has 1 aromatic heterocycles. The Hall–Kier alpha value is -3.42. The number of nitrogens with zero attached hydrogens (tertiary/aromatic N) is 2. The van der Waals surface area contributed by atoms with Crippen LogP contribution in [0.15, 0.2) is 40.8 Å². The van der Waals surface area contributed by atoms with Gasteiger partial charge in [0.1, 0.15) is 11.3 Å². The second kappa shape index (κ2) is 9.60. The normalized spacial score (nSPS) is 14.6. The molecule has 0 saturated carbocycles. The van der Waals surface area contributed by atoms with E-state index < -0.39 is 11.7 Å². The fraction of sp³-hybridized carbons (Fsp3) is 0.400. The second-order valence-electron chi connectivity index (χ2n) is 8.74. The summed E-state index contributed by atoms with van der Waals surface area (Å²) in [5.41, 5.74) is 2.80. The van der Waals surface area contributed by atoms with Crippen molar-refractivity contribution in [3.63, 3.8) is 0 Å². The third-order valence-corrected chi connectivity index (χ3v) is 5.82. The van der Waals surface area contributed by atoms with Gasteiger partial charge in [0.15, 0.2) is 11.5 Å². The fourth-order valence-corrected chi connectivity index (χ4v) is 3.95. The minimum absolute atomic E-state index is 0.00507. The molecule has 8 heteroatoms. The molecule has 0 aliphatic carbocycles. The van der Waals surface area contributed by atoms with Gasteiger partial charge >= 0.3 is 6.09 Å². The molecule has 2 heterocycles. The van der Waals surface area contributed by atoms with Crippen molar-refractivity contribution in [2.45, 2.75) is 32.6 Å². The Labute approximate surface area is 191 Å². The van der Waals surface area contributed by atoms with Gasteiger partial charge in [-0.1, -0.05) is 26.0 Å². The standard InChI is InChI=1S/C25H28FN3O4/c1-15(2)14-32-25(31)29-10-8-16(9-11-29)24-28-21-13-18(5-7-22(21)33-24)17-4-6-19(20(26)12-17)23(30)27-3/h4-7,12-13,15-16H,8-11,14H2,1-3H3,(H,27,30). The summed E-state index contributed by atoms with van der Waals surface area (Å²) in [5.74, 6) is 0.0421. The lowest BCUT2D eigenvalue weighted by Gasteiger charge is -2.30. The molecule has 3 aromatic rings. The van der Waals surface area contributed by atoms with Gasteiger partial charge < -0.3 is 19.4 Å². The number of carbonyl (C=O) groups is 2. The summed E-state index contributed by atoms with van der Waals surface area (Å²) >= 11 is 0. The van der Waals surface area contributed by atoms with Crippen LogP contribution < -0.4 is 5.32 Å². The zero-order chi connectivity index (χ0) is 23.5. The number of carbonyl (C=O) groups excluding carboxylic acids is 2. The Bertz CT molecular complexity index is 1170. The molecule has 2 aromatic carbocycles. The zero-order valence-corrected chi connectivity index (χ0v) is 19.1. The van der Waals surface area contributed by atoms with Gasteiger partial charge in [-0.3, -0.25) is 4.79 Å². The number of likely N-dealkylation sites (tertiary alicyclic amines) is 1. The van der Waals surface area contributed by atoms with Crippen LogP contribution in [-0.4, -0.2) is 48.6 Å². The number of hydrogen-bond acceptors (Lipinski definition) is 5. The second-order valence-corrected chi connectivity index (χ2v) is 8.74. The Morgan fingerprint density at radius 2 is 1.88 bits per heavy atom. The molecule has 0 radical (unpaired) electrons. The number of halogens is 1. The minimum Gasteiger partial charge on any atom is -0.449 e. The highest BCUT2D eigenvalue weighted by molar-refractivity contribution is 5.95. The van der Waals surface area contributed by atoms with Crippen molar-refractivity contribution in [2.75, 3.05) is 26.7 Å². The van der Waals surface area contributed by atoms with E-state index in [9.17, 15) is 14.0 Å². The summed E-state index contributed by atoms with van der Waals surface area (Å²) in [6.07, 6.45) is 1.24. The van der Waals surface area contributed by atoms with Crippen LogP contribution in [0.3, 0.4) is 0 Å². The minimum atomic E-state index is -0.577. The molecule has 1 fully saturated rings. The smallest absolute Gasteiger partial charge is 0.409 e. The summed E-state index contributed by atoms with van der Waals surface area (Å²) < 4.78 is 25.7. The van der Waals surface area contributed by atoms with Gasteiger partial charge in [0, 0.05) is 26.1 Å². The van der Waals surface area contributed by atoms with Crippen LogP contribution >= 0.6 is 0 Å². The van der Waals surface area contributed by atoms with Crippen LogP contribution in [0.1, 0.15) is 48.9 Å². The fourth-order valence-electron chi connectivity index (χ4n) is 3.95. The molecule has 0 unspecified atom stereocenters. The van der Waals surface area contributed by atoms with Crippen molar-refractivity contribution in [3.8, 4) is 11.1 Å². The number of fused-ring (bicyclic) bond motifs is 1. The average Bonchev–Trinajstić information content (AvgIpc) is 3.25. The summed E-state index contributed by atoms with van der Waals surface area (Å²) in [7, 11) is 1.47.